The van der Waals surface area contributed by atoms with Gasteiger partial charge in [0.2, 0.25) is 5.91 Å². The Bertz CT molecular complexity index is 841. The standard InChI is InChI=1S/C20H22N4O/c1-15-19(16(2)24(23-15)18-9-4-3-5-10-18)14-20(25)22-13-11-17-8-6-7-12-21-17/h3-10,12H,11,13-14H2,1-2H3,(H,22,25). The summed E-state index contributed by atoms with van der Waals surface area (Å²) in [6, 6.07) is 15.8. The lowest BCUT2D eigenvalue weighted by Crippen LogP contribution is -2.27. The molecule has 1 amide bonds. The summed E-state index contributed by atoms with van der Waals surface area (Å²) in [4.78, 5) is 16.5. The second-order valence-corrected chi connectivity index (χ2v) is 5.99. The average Bonchev–Trinajstić information content (AvgIpc) is 2.91. The smallest absolute Gasteiger partial charge is 0.224 e. The van der Waals surface area contributed by atoms with Crippen molar-refractivity contribution in [1.29, 1.82) is 0 Å². The molecule has 0 atom stereocenters. The van der Waals surface area contributed by atoms with Gasteiger partial charge in [0.25, 0.3) is 0 Å². The maximum atomic E-state index is 12.3. The van der Waals surface area contributed by atoms with Crippen molar-refractivity contribution in [3.63, 3.8) is 0 Å². The quantitative estimate of drug-likeness (QED) is 0.754. The van der Waals surface area contributed by atoms with Crippen LogP contribution in [0.5, 0.6) is 0 Å². The Labute approximate surface area is 147 Å². The zero-order chi connectivity index (χ0) is 17.6. The number of aromatic nitrogens is 3. The Hall–Kier alpha value is -2.95. The van der Waals surface area contributed by atoms with Crippen molar-refractivity contribution in [1.82, 2.24) is 20.1 Å². The molecule has 2 heterocycles. The van der Waals surface area contributed by atoms with Gasteiger partial charge in [-0.15, -0.1) is 0 Å². The van der Waals surface area contributed by atoms with Crippen LogP contribution in [-0.2, 0) is 17.6 Å². The van der Waals surface area contributed by atoms with Crippen LogP contribution >= 0.6 is 0 Å². The van der Waals surface area contributed by atoms with Gasteiger partial charge in [-0.05, 0) is 38.1 Å². The molecule has 0 radical (unpaired) electrons. The molecule has 0 saturated carbocycles. The second-order valence-electron chi connectivity index (χ2n) is 5.99. The number of nitrogens with one attached hydrogen (secondary N) is 1. The van der Waals surface area contributed by atoms with Crippen molar-refractivity contribution >= 4 is 5.91 Å². The molecule has 1 N–H and O–H groups in total. The minimum Gasteiger partial charge on any atom is -0.355 e. The SMILES string of the molecule is Cc1nn(-c2ccccc2)c(C)c1CC(=O)NCCc1ccccn1. The lowest BCUT2D eigenvalue weighted by Gasteiger charge is -2.07. The molecule has 0 unspecified atom stereocenters. The number of rotatable bonds is 6. The summed E-state index contributed by atoms with van der Waals surface area (Å²) in [7, 11) is 0. The molecule has 5 nitrogen and oxygen atoms in total. The third-order valence-corrected chi connectivity index (χ3v) is 4.21. The number of para-hydroxylation sites is 1. The summed E-state index contributed by atoms with van der Waals surface area (Å²) in [6.45, 7) is 4.53. The van der Waals surface area contributed by atoms with Crippen LogP contribution in [0.1, 0.15) is 22.6 Å². The largest absolute Gasteiger partial charge is 0.355 e. The molecule has 128 valence electrons. The molecule has 0 aliphatic heterocycles. The molecule has 0 spiro atoms. The highest BCUT2D eigenvalue weighted by Gasteiger charge is 2.15. The van der Waals surface area contributed by atoms with Crippen LogP contribution in [0.15, 0.2) is 54.7 Å². The van der Waals surface area contributed by atoms with E-state index in [0.29, 0.717) is 13.0 Å². The summed E-state index contributed by atoms with van der Waals surface area (Å²) in [6.07, 6.45) is 2.84. The van der Waals surface area contributed by atoms with Crippen molar-refractivity contribution in [2.45, 2.75) is 26.7 Å². The van der Waals surface area contributed by atoms with Gasteiger partial charge < -0.3 is 5.32 Å². The molecular weight excluding hydrogens is 312 g/mol. The van der Waals surface area contributed by atoms with Gasteiger partial charge in [0.15, 0.2) is 0 Å². The van der Waals surface area contributed by atoms with E-state index in [2.05, 4.69) is 15.4 Å². The molecule has 0 bridgehead atoms. The van der Waals surface area contributed by atoms with E-state index >= 15 is 0 Å². The molecular formula is C20H22N4O. The van der Waals surface area contributed by atoms with Crippen LogP contribution in [0.4, 0.5) is 0 Å². The van der Waals surface area contributed by atoms with Crippen LogP contribution in [-0.4, -0.2) is 27.2 Å². The molecule has 2 aromatic heterocycles. The predicted octanol–water partition coefficient (Wildman–Crippen LogP) is 2.79. The molecule has 0 saturated heterocycles. The third kappa shape index (κ3) is 4.12. The molecule has 0 fully saturated rings. The van der Waals surface area contributed by atoms with Gasteiger partial charge in [-0.3, -0.25) is 9.78 Å². The second kappa shape index (κ2) is 7.75. The van der Waals surface area contributed by atoms with Crippen LogP contribution in [0.25, 0.3) is 5.69 Å². The van der Waals surface area contributed by atoms with Crippen LogP contribution in [0, 0.1) is 13.8 Å². The number of amides is 1. The number of benzene rings is 1. The van der Waals surface area contributed by atoms with Crippen molar-refractivity contribution in [3.8, 4) is 5.69 Å². The zero-order valence-electron chi connectivity index (χ0n) is 14.6. The number of nitrogens with zero attached hydrogens (tertiary/aromatic N) is 3. The zero-order valence-corrected chi connectivity index (χ0v) is 14.6. The fourth-order valence-electron chi connectivity index (χ4n) is 2.85. The molecule has 25 heavy (non-hydrogen) atoms. The molecule has 0 aliphatic rings. The molecule has 0 aliphatic carbocycles. The minimum absolute atomic E-state index is 0.00902. The highest BCUT2D eigenvalue weighted by atomic mass is 16.1. The number of carbonyl (C=O) groups is 1. The van der Waals surface area contributed by atoms with Gasteiger partial charge >= 0.3 is 0 Å². The highest BCUT2D eigenvalue weighted by molar-refractivity contribution is 5.79. The van der Waals surface area contributed by atoms with Crippen LogP contribution < -0.4 is 5.32 Å². The number of aryl methyl sites for hydroxylation is 1. The van der Waals surface area contributed by atoms with E-state index in [9.17, 15) is 4.79 Å². The van der Waals surface area contributed by atoms with Crippen molar-refractivity contribution in [3.05, 3.63) is 77.4 Å². The first kappa shape index (κ1) is 16.9. The summed E-state index contributed by atoms with van der Waals surface area (Å²) >= 11 is 0. The van der Waals surface area contributed by atoms with Crippen molar-refractivity contribution in [2.24, 2.45) is 0 Å². The molecule has 3 rings (SSSR count). The first-order valence-corrected chi connectivity index (χ1v) is 8.42. The van der Waals surface area contributed by atoms with Gasteiger partial charge in [0.05, 0.1) is 17.8 Å². The van der Waals surface area contributed by atoms with Gasteiger partial charge in [-0.1, -0.05) is 24.3 Å². The summed E-state index contributed by atoms with van der Waals surface area (Å²) in [5, 5.41) is 7.56. The number of carbonyl (C=O) groups excluding carboxylic acids is 1. The average molecular weight is 334 g/mol. The number of hydrogen-bond donors (Lipinski definition) is 1. The van der Waals surface area contributed by atoms with E-state index in [0.717, 1.165) is 34.8 Å². The summed E-state index contributed by atoms with van der Waals surface area (Å²) < 4.78 is 1.89. The Kier molecular flexibility index (Phi) is 5.23. The fraction of sp³-hybridized carbons (Fsp3) is 0.250. The minimum atomic E-state index is 0.00902. The Balaban J connectivity index is 1.63. The maximum absolute atomic E-state index is 12.3. The molecule has 1 aromatic carbocycles. The third-order valence-electron chi connectivity index (χ3n) is 4.21. The summed E-state index contributed by atoms with van der Waals surface area (Å²) in [5.74, 6) is 0.00902. The van der Waals surface area contributed by atoms with Gasteiger partial charge in [-0.25, -0.2) is 4.68 Å². The first-order valence-electron chi connectivity index (χ1n) is 8.42. The van der Waals surface area contributed by atoms with Gasteiger partial charge in [0.1, 0.15) is 0 Å². The van der Waals surface area contributed by atoms with E-state index in [1.807, 2.05) is 67.1 Å². The predicted molar refractivity (Wildman–Crippen MR) is 97.7 cm³/mol. The van der Waals surface area contributed by atoms with E-state index < -0.39 is 0 Å². The fourth-order valence-corrected chi connectivity index (χ4v) is 2.85. The van der Waals surface area contributed by atoms with E-state index in [1.165, 1.54) is 0 Å². The maximum Gasteiger partial charge on any atom is 0.224 e. The lowest BCUT2D eigenvalue weighted by atomic mass is 10.1. The van der Waals surface area contributed by atoms with Crippen molar-refractivity contribution < 1.29 is 4.79 Å². The normalized spacial score (nSPS) is 10.6. The number of pyridine rings is 1. The lowest BCUT2D eigenvalue weighted by molar-refractivity contribution is -0.120. The van der Waals surface area contributed by atoms with E-state index in [1.54, 1.807) is 6.20 Å². The highest BCUT2D eigenvalue weighted by Crippen LogP contribution is 2.18. The van der Waals surface area contributed by atoms with Gasteiger partial charge in [0, 0.05) is 36.1 Å². The van der Waals surface area contributed by atoms with E-state index in [4.69, 9.17) is 0 Å². The monoisotopic (exact) mass is 334 g/mol. The topological polar surface area (TPSA) is 59.8 Å². The number of hydrogen-bond acceptors (Lipinski definition) is 3. The Morgan fingerprint density at radius 2 is 1.84 bits per heavy atom. The van der Waals surface area contributed by atoms with Crippen molar-refractivity contribution in [2.75, 3.05) is 6.54 Å². The first-order chi connectivity index (χ1) is 12.1. The van der Waals surface area contributed by atoms with Gasteiger partial charge in [-0.2, -0.15) is 5.10 Å². The Morgan fingerprint density at radius 1 is 1.08 bits per heavy atom. The molecule has 5 heteroatoms. The Morgan fingerprint density at radius 3 is 2.56 bits per heavy atom. The van der Waals surface area contributed by atoms with Crippen LogP contribution in [0.2, 0.25) is 0 Å². The molecule has 3 aromatic rings. The van der Waals surface area contributed by atoms with Crippen LogP contribution in [0.3, 0.4) is 0 Å². The summed E-state index contributed by atoms with van der Waals surface area (Å²) in [5.41, 5.74) is 4.86. The van der Waals surface area contributed by atoms with E-state index in [-0.39, 0.29) is 5.91 Å².